The standard InChI is InChI=1S/C15H13ClN2O3S/c1-10-3-6-12(7-4-10)22(19,20)18-15-11(9-17)5-8-13(21-2)14(15)16/h3-8,18H,1-2H3. The van der Waals surface area contributed by atoms with Crippen molar-refractivity contribution in [1.29, 1.82) is 5.26 Å². The van der Waals surface area contributed by atoms with Gasteiger partial charge in [-0.15, -0.1) is 0 Å². The summed E-state index contributed by atoms with van der Waals surface area (Å²) in [4.78, 5) is 0.0841. The molecule has 0 fully saturated rings. The first-order chi connectivity index (χ1) is 10.4. The zero-order chi connectivity index (χ0) is 16.3. The zero-order valence-corrected chi connectivity index (χ0v) is 13.5. The summed E-state index contributed by atoms with van der Waals surface area (Å²) in [5.41, 5.74) is 1.06. The maximum absolute atomic E-state index is 12.4. The van der Waals surface area contributed by atoms with Crippen molar-refractivity contribution in [3.05, 3.63) is 52.5 Å². The van der Waals surface area contributed by atoms with Crippen LogP contribution in [0.3, 0.4) is 0 Å². The Kier molecular flexibility index (Phi) is 4.59. The Morgan fingerprint density at radius 1 is 1.18 bits per heavy atom. The molecule has 0 aliphatic rings. The van der Waals surface area contributed by atoms with Gasteiger partial charge in [0, 0.05) is 0 Å². The molecule has 7 heteroatoms. The Bertz CT molecular complexity index is 840. The molecule has 2 aromatic carbocycles. The average Bonchev–Trinajstić information content (AvgIpc) is 2.49. The molecule has 0 heterocycles. The molecule has 2 rings (SSSR count). The smallest absolute Gasteiger partial charge is 0.261 e. The fourth-order valence-corrected chi connectivity index (χ4v) is 3.26. The summed E-state index contributed by atoms with van der Waals surface area (Å²) in [5.74, 6) is 0.280. The minimum absolute atomic E-state index is 0.00379. The molecular formula is C15H13ClN2O3S. The zero-order valence-electron chi connectivity index (χ0n) is 11.9. The lowest BCUT2D eigenvalue weighted by molar-refractivity contribution is 0.415. The highest BCUT2D eigenvalue weighted by atomic mass is 35.5. The largest absolute Gasteiger partial charge is 0.495 e. The molecule has 5 nitrogen and oxygen atoms in total. The summed E-state index contributed by atoms with van der Waals surface area (Å²) in [7, 11) is -2.44. The number of nitrogens with zero attached hydrogens (tertiary/aromatic N) is 1. The van der Waals surface area contributed by atoms with Crippen molar-refractivity contribution in [2.24, 2.45) is 0 Å². The van der Waals surface area contributed by atoms with Crippen molar-refractivity contribution in [2.75, 3.05) is 11.8 Å². The van der Waals surface area contributed by atoms with Gasteiger partial charge in [-0.3, -0.25) is 4.72 Å². The molecule has 0 saturated heterocycles. The predicted molar refractivity (Wildman–Crippen MR) is 84.7 cm³/mol. The van der Waals surface area contributed by atoms with Crippen LogP contribution in [0.1, 0.15) is 11.1 Å². The summed E-state index contributed by atoms with van der Waals surface area (Å²) in [6.45, 7) is 1.86. The SMILES string of the molecule is COc1ccc(C#N)c(NS(=O)(=O)c2ccc(C)cc2)c1Cl. The van der Waals surface area contributed by atoms with Crippen LogP contribution in [0.15, 0.2) is 41.3 Å². The van der Waals surface area contributed by atoms with Crippen molar-refractivity contribution in [3.63, 3.8) is 0 Å². The average molecular weight is 337 g/mol. The molecule has 0 aromatic heterocycles. The van der Waals surface area contributed by atoms with Crippen LogP contribution < -0.4 is 9.46 Å². The lowest BCUT2D eigenvalue weighted by Crippen LogP contribution is -2.14. The lowest BCUT2D eigenvalue weighted by Gasteiger charge is -2.13. The third-order valence-electron chi connectivity index (χ3n) is 3.01. The molecule has 114 valence electrons. The number of methoxy groups -OCH3 is 1. The second-order valence-electron chi connectivity index (χ2n) is 4.53. The molecule has 0 radical (unpaired) electrons. The quantitative estimate of drug-likeness (QED) is 0.928. The van der Waals surface area contributed by atoms with Crippen LogP contribution in [0.5, 0.6) is 5.75 Å². The van der Waals surface area contributed by atoms with E-state index in [4.69, 9.17) is 21.6 Å². The van der Waals surface area contributed by atoms with Gasteiger partial charge >= 0.3 is 0 Å². The predicted octanol–water partition coefficient (Wildman–Crippen LogP) is 3.33. The first kappa shape index (κ1) is 16.1. The Morgan fingerprint density at radius 3 is 2.36 bits per heavy atom. The van der Waals surface area contributed by atoms with Crippen LogP contribution in [-0.2, 0) is 10.0 Å². The van der Waals surface area contributed by atoms with Crippen LogP contribution in [0, 0.1) is 18.3 Å². The number of hydrogen-bond acceptors (Lipinski definition) is 4. The van der Waals surface area contributed by atoms with Gasteiger partial charge in [-0.1, -0.05) is 29.3 Å². The number of anilines is 1. The summed E-state index contributed by atoms with van der Waals surface area (Å²) in [6, 6.07) is 11.2. The topological polar surface area (TPSA) is 79.2 Å². The van der Waals surface area contributed by atoms with Crippen molar-refractivity contribution >= 4 is 27.3 Å². The van der Waals surface area contributed by atoms with E-state index in [1.807, 2.05) is 13.0 Å². The lowest BCUT2D eigenvalue weighted by atomic mass is 10.2. The van der Waals surface area contributed by atoms with Gasteiger partial charge in [-0.05, 0) is 31.2 Å². The highest BCUT2D eigenvalue weighted by molar-refractivity contribution is 7.92. The van der Waals surface area contributed by atoms with Crippen molar-refractivity contribution in [2.45, 2.75) is 11.8 Å². The van der Waals surface area contributed by atoms with E-state index in [1.54, 1.807) is 12.1 Å². The normalized spacial score (nSPS) is 10.8. The van der Waals surface area contributed by atoms with Gasteiger partial charge in [-0.25, -0.2) is 8.42 Å². The van der Waals surface area contributed by atoms with Gasteiger partial charge in [-0.2, -0.15) is 5.26 Å². The monoisotopic (exact) mass is 336 g/mol. The molecule has 0 aliphatic carbocycles. The van der Waals surface area contributed by atoms with E-state index in [-0.39, 0.29) is 26.9 Å². The number of sulfonamides is 1. The van der Waals surface area contributed by atoms with Crippen molar-refractivity contribution in [1.82, 2.24) is 0 Å². The first-order valence-electron chi connectivity index (χ1n) is 6.25. The highest BCUT2D eigenvalue weighted by Crippen LogP contribution is 2.36. The number of nitrogens with one attached hydrogen (secondary N) is 1. The molecule has 22 heavy (non-hydrogen) atoms. The molecule has 0 saturated carbocycles. The molecule has 0 unspecified atom stereocenters. The Hall–Kier alpha value is -2.23. The Morgan fingerprint density at radius 2 is 1.82 bits per heavy atom. The number of aryl methyl sites for hydroxylation is 1. The second-order valence-corrected chi connectivity index (χ2v) is 6.60. The van der Waals surface area contributed by atoms with E-state index in [1.165, 1.54) is 31.4 Å². The fourth-order valence-electron chi connectivity index (χ4n) is 1.82. The summed E-state index contributed by atoms with van der Waals surface area (Å²) in [5, 5.41) is 9.17. The number of ether oxygens (including phenoxy) is 1. The van der Waals surface area contributed by atoms with E-state index in [0.717, 1.165) is 5.56 Å². The molecule has 2 aromatic rings. The van der Waals surface area contributed by atoms with E-state index in [9.17, 15) is 8.42 Å². The van der Waals surface area contributed by atoms with Gasteiger partial charge < -0.3 is 4.74 Å². The number of nitriles is 1. The number of rotatable bonds is 4. The molecular weight excluding hydrogens is 324 g/mol. The van der Waals surface area contributed by atoms with Crippen LogP contribution in [0.4, 0.5) is 5.69 Å². The molecule has 0 amide bonds. The molecule has 0 atom stereocenters. The van der Waals surface area contributed by atoms with Crippen LogP contribution in [0.25, 0.3) is 0 Å². The van der Waals surface area contributed by atoms with Gasteiger partial charge in [0.25, 0.3) is 10.0 Å². The maximum Gasteiger partial charge on any atom is 0.261 e. The maximum atomic E-state index is 12.4. The fraction of sp³-hybridized carbons (Fsp3) is 0.133. The van der Waals surface area contributed by atoms with Crippen molar-refractivity contribution < 1.29 is 13.2 Å². The van der Waals surface area contributed by atoms with E-state index >= 15 is 0 Å². The third kappa shape index (κ3) is 3.16. The number of benzene rings is 2. The molecule has 0 bridgehead atoms. The van der Waals surface area contributed by atoms with Gasteiger partial charge in [0.2, 0.25) is 0 Å². The molecule has 1 N–H and O–H groups in total. The van der Waals surface area contributed by atoms with Gasteiger partial charge in [0.15, 0.2) is 0 Å². The second kappa shape index (κ2) is 6.26. The van der Waals surface area contributed by atoms with Crippen LogP contribution in [-0.4, -0.2) is 15.5 Å². The van der Waals surface area contributed by atoms with E-state index < -0.39 is 10.0 Å². The Labute approximate surface area is 134 Å². The van der Waals surface area contributed by atoms with Gasteiger partial charge in [0.05, 0.1) is 23.3 Å². The van der Waals surface area contributed by atoms with Gasteiger partial charge in [0.1, 0.15) is 16.8 Å². The molecule has 0 aliphatic heterocycles. The minimum atomic E-state index is -3.85. The van der Waals surface area contributed by atoms with Crippen molar-refractivity contribution in [3.8, 4) is 11.8 Å². The summed E-state index contributed by atoms with van der Waals surface area (Å²) >= 11 is 6.11. The highest BCUT2D eigenvalue weighted by Gasteiger charge is 2.20. The number of halogens is 1. The minimum Gasteiger partial charge on any atom is -0.495 e. The van der Waals surface area contributed by atoms with Crippen LogP contribution in [0.2, 0.25) is 5.02 Å². The molecule has 0 spiro atoms. The first-order valence-corrected chi connectivity index (χ1v) is 8.11. The summed E-state index contributed by atoms with van der Waals surface area (Å²) < 4.78 is 32.2. The number of hydrogen-bond donors (Lipinski definition) is 1. The Balaban J connectivity index is 2.50. The third-order valence-corrected chi connectivity index (χ3v) is 4.76. The van der Waals surface area contributed by atoms with Crippen LogP contribution >= 0.6 is 11.6 Å². The van der Waals surface area contributed by atoms with E-state index in [2.05, 4.69) is 4.72 Å². The van der Waals surface area contributed by atoms with E-state index in [0.29, 0.717) is 0 Å². The summed E-state index contributed by atoms with van der Waals surface area (Å²) in [6.07, 6.45) is 0.